The molecule has 7 heteroatoms. The summed E-state index contributed by atoms with van der Waals surface area (Å²) in [5.74, 6) is -0.190. The van der Waals surface area contributed by atoms with E-state index in [-0.39, 0.29) is 37.2 Å². The summed E-state index contributed by atoms with van der Waals surface area (Å²) < 4.78 is 16.1. The van der Waals surface area contributed by atoms with Gasteiger partial charge in [0.1, 0.15) is 5.75 Å². The molecule has 0 radical (unpaired) electrons. The molecule has 0 spiro atoms. The molecule has 0 aliphatic carbocycles. The summed E-state index contributed by atoms with van der Waals surface area (Å²) in [5, 5.41) is 0.965. The van der Waals surface area contributed by atoms with Gasteiger partial charge in [-0.2, -0.15) is 0 Å². The van der Waals surface area contributed by atoms with E-state index in [1.54, 1.807) is 56.3 Å². The molecule has 0 amide bonds. The Morgan fingerprint density at radius 3 is 2.32 bits per heavy atom. The minimum Gasteiger partial charge on any atom is -0.493 e. The van der Waals surface area contributed by atoms with Crippen LogP contribution in [-0.2, 0) is 31.9 Å². The van der Waals surface area contributed by atoms with E-state index in [9.17, 15) is 14.4 Å². The largest absolute Gasteiger partial charge is 0.493 e. The maximum absolute atomic E-state index is 13.4. The van der Waals surface area contributed by atoms with E-state index in [4.69, 9.17) is 14.2 Å². The lowest BCUT2D eigenvalue weighted by Gasteiger charge is -2.14. The molecule has 0 saturated heterocycles. The number of ketones is 1. The van der Waals surface area contributed by atoms with Gasteiger partial charge in [0.05, 0.1) is 26.2 Å². The predicted octanol–water partition coefficient (Wildman–Crippen LogP) is 5.46. The number of aryl methyl sites for hydroxylation is 1. The number of ether oxygens (including phenoxy) is 3. The van der Waals surface area contributed by atoms with Crippen LogP contribution in [0.25, 0.3) is 0 Å². The van der Waals surface area contributed by atoms with E-state index in [2.05, 4.69) is 15.9 Å². The second kappa shape index (κ2) is 15.3. The number of hydrogen-bond acceptors (Lipinski definition) is 6. The van der Waals surface area contributed by atoms with E-state index < -0.39 is 0 Å². The van der Waals surface area contributed by atoms with E-state index >= 15 is 0 Å². The summed E-state index contributed by atoms with van der Waals surface area (Å²) in [4.78, 5) is 37.3. The number of carbonyl (C=O) groups excluding carboxylic acids is 3. The van der Waals surface area contributed by atoms with Crippen LogP contribution in [0.4, 0.5) is 0 Å². The number of rotatable bonds is 15. The lowest BCUT2D eigenvalue weighted by molar-refractivity contribution is -0.143. The maximum Gasteiger partial charge on any atom is 0.310 e. The lowest BCUT2D eigenvalue weighted by Crippen LogP contribution is -2.13. The molecule has 0 fully saturated rings. The summed E-state index contributed by atoms with van der Waals surface area (Å²) in [6.45, 7) is 4.70. The van der Waals surface area contributed by atoms with Crippen molar-refractivity contribution in [3.8, 4) is 5.75 Å². The second-order valence-corrected chi connectivity index (χ2v) is 8.49. The van der Waals surface area contributed by atoms with E-state index in [0.29, 0.717) is 42.1 Å². The monoisotopic (exact) mass is 532 g/mol. The quantitative estimate of drug-likeness (QED) is 0.131. The Bertz CT molecular complexity index is 956. The summed E-state index contributed by atoms with van der Waals surface area (Å²) in [6, 6.07) is 12.3. The third-order valence-electron chi connectivity index (χ3n) is 5.16. The van der Waals surface area contributed by atoms with Crippen LogP contribution in [0, 0.1) is 0 Å². The lowest BCUT2D eigenvalue weighted by atomic mass is 9.94. The number of hydrogen-bond donors (Lipinski definition) is 0. The van der Waals surface area contributed by atoms with Crippen LogP contribution in [-0.4, -0.2) is 42.9 Å². The first-order valence-corrected chi connectivity index (χ1v) is 12.9. The normalized spacial score (nSPS) is 10.6. The number of carbonyl (C=O) groups is 3. The van der Waals surface area contributed by atoms with Gasteiger partial charge < -0.3 is 14.2 Å². The fourth-order valence-corrected chi connectivity index (χ4v) is 3.90. The molecule has 0 bridgehead atoms. The Labute approximate surface area is 210 Å². The fraction of sp³-hybridized carbons (Fsp3) is 0.444. The highest BCUT2D eigenvalue weighted by atomic mass is 79.9. The third-order valence-corrected chi connectivity index (χ3v) is 5.72. The summed E-state index contributed by atoms with van der Waals surface area (Å²) in [5.41, 5.74) is 2.32. The van der Waals surface area contributed by atoms with Gasteiger partial charge in [0.15, 0.2) is 5.78 Å². The molecule has 184 valence electrons. The SMILES string of the molecule is CCOC(=O)CCc1cc(C(=O)c2ccccc2CC(=O)OCC)ccc1OCCCCCBr. The number of esters is 2. The molecule has 0 atom stereocenters. The van der Waals surface area contributed by atoms with Gasteiger partial charge in [0.2, 0.25) is 0 Å². The zero-order valence-electron chi connectivity index (χ0n) is 19.9. The molecule has 0 saturated carbocycles. The van der Waals surface area contributed by atoms with Crippen LogP contribution in [0.15, 0.2) is 42.5 Å². The van der Waals surface area contributed by atoms with Gasteiger partial charge in [-0.1, -0.05) is 40.2 Å². The van der Waals surface area contributed by atoms with E-state index in [1.165, 1.54) is 0 Å². The van der Waals surface area contributed by atoms with Crippen molar-refractivity contribution < 1.29 is 28.6 Å². The highest BCUT2D eigenvalue weighted by Crippen LogP contribution is 2.25. The van der Waals surface area contributed by atoms with Crippen molar-refractivity contribution in [3.63, 3.8) is 0 Å². The van der Waals surface area contributed by atoms with Gasteiger partial charge in [-0.3, -0.25) is 14.4 Å². The number of benzene rings is 2. The van der Waals surface area contributed by atoms with Gasteiger partial charge >= 0.3 is 11.9 Å². The maximum atomic E-state index is 13.4. The zero-order valence-corrected chi connectivity index (χ0v) is 21.5. The number of unbranched alkanes of at least 4 members (excludes halogenated alkanes) is 2. The molecule has 34 heavy (non-hydrogen) atoms. The molecule has 0 N–H and O–H groups in total. The van der Waals surface area contributed by atoms with Crippen LogP contribution >= 0.6 is 15.9 Å². The first kappa shape index (κ1) is 27.6. The van der Waals surface area contributed by atoms with Crippen molar-refractivity contribution in [2.24, 2.45) is 0 Å². The van der Waals surface area contributed by atoms with Crippen LogP contribution < -0.4 is 4.74 Å². The standard InChI is InChI=1S/C27H33BrO6/c1-3-32-25(29)15-13-21-18-22(12-14-24(21)34-17-9-5-8-16-28)27(31)23-11-7-6-10-20(23)19-26(30)33-4-2/h6-7,10-12,14,18H,3-5,8-9,13,15-17,19H2,1-2H3. The smallest absolute Gasteiger partial charge is 0.310 e. The molecule has 0 heterocycles. The highest BCUT2D eigenvalue weighted by Gasteiger charge is 2.18. The van der Waals surface area contributed by atoms with Crippen molar-refractivity contribution in [2.45, 2.75) is 52.4 Å². The van der Waals surface area contributed by atoms with Gasteiger partial charge in [0.25, 0.3) is 0 Å². The molecule has 0 aromatic heterocycles. The summed E-state index contributed by atoms with van der Waals surface area (Å²) >= 11 is 3.43. The van der Waals surface area contributed by atoms with E-state index in [0.717, 1.165) is 30.2 Å². The summed E-state index contributed by atoms with van der Waals surface area (Å²) in [6.07, 6.45) is 3.69. The van der Waals surface area contributed by atoms with Gasteiger partial charge in [0, 0.05) is 22.9 Å². The van der Waals surface area contributed by atoms with Crippen LogP contribution in [0.1, 0.15) is 66.6 Å². The summed E-state index contributed by atoms with van der Waals surface area (Å²) in [7, 11) is 0. The second-order valence-electron chi connectivity index (χ2n) is 7.69. The number of halogens is 1. The minimum absolute atomic E-state index is 0.0288. The van der Waals surface area contributed by atoms with Crippen molar-refractivity contribution in [3.05, 3.63) is 64.7 Å². The average Bonchev–Trinajstić information content (AvgIpc) is 2.83. The molecule has 2 aromatic rings. The number of alkyl halides is 1. The first-order chi connectivity index (χ1) is 16.5. The van der Waals surface area contributed by atoms with Gasteiger partial charge in [-0.25, -0.2) is 0 Å². The molecule has 6 nitrogen and oxygen atoms in total. The fourth-order valence-electron chi connectivity index (χ4n) is 3.50. The average molecular weight is 533 g/mol. The third kappa shape index (κ3) is 8.93. The van der Waals surface area contributed by atoms with Crippen molar-refractivity contribution >= 4 is 33.7 Å². The van der Waals surface area contributed by atoms with Crippen LogP contribution in [0.3, 0.4) is 0 Å². The van der Waals surface area contributed by atoms with Crippen LogP contribution in [0.5, 0.6) is 5.75 Å². The van der Waals surface area contributed by atoms with Crippen molar-refractivity contribution in [1.29, 1.82) is 0 Å². The van der Waals surface area contributed by atoms with Crippen molar-refractivity contribution in [2.75, 3.05) is 25.2 Å². The van der Waals surface area contributed by atoms with Crippen LogP contribution in [0.2, 0.25) is 0 Å². The zero-order chi connectivity index (χ0) is 24.8. The molecule has 0 unspecified atom stereocenters. The Morgan fingerprint density at radius 2 is 1.59 bits per heavy atom. The molecular formula is C27H33BrO6. The highest BCUT2D eigenvalue weighted by molar-refractivity contribution is 9.09. The van der Waals surface area contributed by atoms with Gasteiger partial charge in [-0.05, 0) is 68.9 Å². The Morgan fingerprint density at radius 1 is 0.853 bits per heavy atom. The topological polar surface area (TPSA) is 78.9 Å². The first-order valence-electron chi connectivity index (χ1n) is 11.8. The Kier molecular flexibility index (Phi) is 12.4. The molecule has 0 aliphatic rings. The Balaban J connectivity index is 2.25. The van der Waals surface area contributed by atoms with Crippen molar-refractivity contribution in [1.82, 2.24) is 0 Å². The minimum atomic E-state index is -0.374. The van der Waals surface area contributed by atoms with Gasteiger partial charge in [-0.15, -0.1) is 0 Å². The predicted molar refractivity (Wildman–Crippen MR) is 135 cm³/mol. The molecule has 0 aliphatic heterocycles. The molecular weight excluding hydrogens is 500 g/mol. The van der Waals surface area contributed by atoms with E-state index in [1.807, 2.05) is 0 Å². The molecule has 2 aromatic carbocycles. The molecule has 2 rings (SSSR count). The Hall–Kier alpha value is -2.67.